The topological polar surface area (TPSA) is 50.5 Å². The Morgan fingerprint density at radius 3 is 1.17 bits per heavy atom. The summed E-state index contributed by atoms with van der Waals surface area (Å²) in [5.74, 6) is 0. The molecule has 0 aliphatic heterocycles. The first-order chi connectivity index (χ1) is 23.7. The first kappa shape index (κ1) is 36.9. The standard InChI is InChI=1S/C44H58N4/c1-3-5-7-9-11-13-15-17-19-37-21-25-41(26-22-37)47-35-43-33-39(29-31-45-43)40-30-32-46-44(34-40)36-48-42-27-23-38(24-28-42)20-18-16-14-12-10-8-6-4-2/h21-36H,3-20H2,1-2H3. The number of hydrogen-bond donors (Lipinski definition) is 0. The third-order valence-corrected chi connectivity index (χ3v) is 9.10. The summed E-state index contributed by atoms with van der Waals surface area (Å²) in [5, 5.41) is 0. The number of hydrogen-bond acceptors (Lipinski definition) is 4. The van der Waals surface area contributed by atoms with Crippen LogP contribution in [0.5, 0.6) is 0 Å². The van der Waals surface area contributed by atoms with Gasteiger partial charge < -0.3 is 0 Å². The van der Waals surface area contributed by atoms with Gasteiger partial charge in [0.1, 0.15) is 0 Å². The molecule has 0 saturated heterocycles. The Labute approximate surface area is 291 Å². The smallest absolute Gasteiger partial charge is 0.0818 e. The minimum Gasteiger partial charge on any atom is -0.255 e. The van der Waals surface area contributed by atoms with Crippen LogP contribution in [0, 0.1) is 0 Å². The van der Waals surface area contributed by atoms with Crippen molar-refractivity contribution in [2.45, 2.75) is 129 Å². The van der Waals surface area contributed by atoms with Gasteiger partial charge in [-0.05, 0) is 96.5 Å². The molecule has 0 amide bonds. The Kier molecular flexibility index (Phi) is 17.4. The molecule has 2 aromatic heterocycles. The van der Waals surface area contributed by atoms with Crippen LogP contribution in [0.2, 0.25) is 0 Å². The molecule has 0 fully saturated rings. The van der Waals surface area contributed by atoms with Gasteiger partial charge in [-0.25, -0.2) is 0 Å². The Bertz CT molecular complexity index is 1370. The van der Waals surface area contributed by atoms with Crippen LogP contribution in [0.15, 0.2) is 95.2 Å². The molecule has 4 rings (SSSR count). The van der Waals surface area contributed by atoms with Crippen molar-refractivity contribution < 1.29 is 0 Å². The number of rotatable bonds is 23. The molecule has 0 bridgehead atoms. The van der Waals surface area contributed by atoms with E-state index in [1.54, 1.807) is 0 Å². The van der Waals surface area contributed by atoms with E-state index in [2.05, 4.69) is 84.5 Å². The van der Waals surface area contributed by atoms with Crippen molar-refractivity contribution in [3.63, 3.8) is 0 Å². The fourth-order valence-electron chi connectivity index (χ4n) is 6.10. The summed E-state index contributed by atoms with van der Waals surface area (Å²) < 4.78 is 0. The summed E-state index contributed by atoms with van der Waals surface area (Å²) in [6.45, 7) is 4.55. The number of unbranched alkanes of at least 4 members (excludes halogenated alkanes) is 14. The SMILES string of the molecule is CCCCCCCCCCc1ccc(N=Cc2cc(-c3ccnc(C=Nc4ccc(CCCCCCCCCC)cc4)c3)ccn2)cc1. The predicted molar refractivity (Wildman–Crippen MR) is 207 cm³/mol. The molecule has 4 heteroatoms. The minimum absolute atomic E-state index is 0.828. The van der Waals surface area contributed by atoms with Crippen LogP contribution in [-0.2, 0) is 12.8 Å². The Morgan fingerprint density at radius 2 is 0.792 bits per heavy atom. The average molecular weight is 643 g/mol. The van der Waals surface area contributed by atoms with Gasteiger partial charge in [-0.15, -0.1) is 0 Å². The second kappa shape index (κ2) is 22.6. The number of benzene rings is 2. The van der Waals surface area contributed by atoms with E-state index in [-0.39, 0.29) is 0 Å². The zero-order chi connectivity index (χ0) is 33.5. The van der Waals surface area contributed by atoms with E-state index in [0.29, 0.717) is 0 Å². The van der Waals surface area contributed by atoms with Gasteiger partial charge in [-0.1, -0.05) is 128 Å². The van der Waals surface area contributed by atoms with E-state index in [4.69, 9.17) is 9.98 Å². The normalized spacial score (nSPS) is 11.6. The van der Waals surface area contributed by atoms with Gasteiger partial charge in [0.25, 0.3) is 0 Å². The summed E-state index contributed by atoms with van der Waals surface area (Å²) >= 11 is 0. The van der Waals surface area contributed by atoms with Crippen molar-refractivity contribution >= 4 is 23.8 Å². The zero-order valence-electron chi connectivity index (χ0n) is 29.8. The van der Waals surface area contributed by atoms with Gasteiger partial charge in [0.05, 0.1) is 35.2 Å². The third kappa shape index (κ3) is 14.5. The summed E-state index contributed by atoms with van der Waals surface area (Å²) in [5.41, 5.74) is 8.50. The van der Waals surface area contributed by atoms with Gasteiger partial charge in [-0.3, -0.25) is 20.0 Å². The molecule has 4 aromatic rings. The average Bonchev–Trinajstić information content (AvgIpc) is 3.13. The largest absolute Gasteiger partial charge is 0.255 e. The molecular formula is C44H58N4. The molecule has 0 spiro atoms. The number of aromatic nitrogens is 2. The lowest BCUT2D eigenvalue weighted by atomic mass is 10.0. The maximum Gasteiger partial charge on any atom is 0.0818 e. The molecule has 0 radical (unpaired) electrons. The molecule has 4 nitrogen and oxygen atoms in total. The Hall–Kier alpha value is -3.92. The summed E-state index contributed by atoms with van der Waals surface area (Å²) in [4.78, 5) is 18.5. The number of aryl methyl sites for hydroxylation is 2. The van der Waals surface area contributed by atoms with E-state index in [9.17, 15) is 0 Å². The molecule has 0 aliphatic rings. The van der Waals surface area contributed by atoms with Gasteiger partial charge in [0.15, 0.2) is 0 Å². The van der Waals surface area contributed by atoms with E-state index < -0.39 is 0 Å². The van der Waals surface area contributed by atoms with Crippen LogP contribution in [0.3, 0.4) is 0 Å². The predicted octanol–water partition coefficient (Wildman–Crippen LogP) is 13.0. The van der Waals surface area contributed by atoms with Crippen molar-refractivity contribution in [2.75, 3.05) is 0 Å². The fourth-order valence-corrected chi connectivity index (χ4v) is 6.10. The van der Waals surface area contributed by atoms with Gasteiger partial charge in [0, 0.05) is 12.4 Å². The van der Waals surface area contributed by atoms with Crippen LogP contribution in [0.25, 0.3) is 11.1 Å². The van der Waals surface area contributed by atoms with Gasteiger partial charge >= 0.3 is 0 Å². The zero-order valence-corrected chi connectivity index (χ0v) is 29.8. The quantitative estimate of drug-likeness (QED) is 0.0597. The van der Waals surface area contributed by atoms with Crippen LogP contribution in [-0.4, -0.2) is 22.4 Å². The summed E-state index contributed by atoms with van der Waals surface area (Å²) in [7, 11) is 0. The number of aliphatic imine (C=N–C) groups is 2. The molecule has 2 aromatic carbocycles. The van der Waals surface area contributed by atoms with E-state index in [1.165, 1.54) is 114 Å². The van der Waals surface area contributed by atoms with Crippen LogP contribution >= 0.6 is 0 Å². The fraction of sp³-hybridized carbons (Fsp3) is 0.455. The molecular weight excluding hydrogens is 585 g/mol. The Balaban J connectivity index is 1.22. The molecule has 0 aliphatic carbocycles. The van der Waals surface area contributed by atoms with Crippen molar-refractivity contribution in [1.82, 2.24) is 9.97 Å². The first-order valence-electron chi connectivity index (χ1n) is 18.9. The maximum atomic E-state index is 4.70. The van der Waals surface area contributed by atoms with Crippen LogP contribution < -0.4 is 0 Å². The highest BCUT2D eigenvalue weighted by molar-refractivity contribution is 5.84. The van der Waals surface area contributed by atoms with Crippen LogP contribution in [0.1, 0.15) is 139 Å². The maximum absolute atomic E-state index is 4.70. The first-order valence-corrected chi connectivity index (χ1v) is 18.9. The van der Waals surface area contributed by atoms with Crippen LogP contribution in [0.4, 0.5) is 11.4 Å². The van der Waals surface area contributed by atoms with Crippen molar-refractivity contribution in [2.24, 2.45) is 9.98 Å². The monoisotopic (exact) mass is 642 g/mol. The highest BCUT2D eigenvalue weighted by Gasteiger charge is 2.03. The lowest BCUT2D eigenvalue weighted by Gasteiger charge is -2.04. The molecule has 2 heterocycles. The lowest BCUT2D eigenvalue weighted by molar-refractivity contribution is 0.575. The number of nitrogens with zero attached hydrogens (tertiary/aromatic N) is 4. The van der Waals surface area contributed by atoms with E-state index in [1.807, 2.05) is 37.0 Å². The van der Waals surface area contributed by atoms with E-state index in [0.717, 1.165) is 46.7 Å². The second-order valence-electron chi connectivity index (χ2n) is 13.2. The third-order valence-electron chi connectivity index (χ3n) is 9.10. The number of pyridine rings is 2. The lowest BCUT2D eigenvalue weighted by Crippen LogP contribution is -1.91. The molecule has 0 saturated carbocycles. The van der Waals surface area contributed by atoms with E-state index >= 15 is 0 Å². The molecule has 0 N–H and O–H groups in total. The minimum atomic E-state index is 0.828. The Morgan fingerprint density at radius 1 is 0.438 bits per heavy atom. The van der Waals surface area contributed by atoms with Crippen molar-refractivity contribution in [3.8, 4) is 11.1 Å². The molecule has 254 valence electrons. The van der Waals surface area contributed by atoms with Crippen molar-refractivity contribution in [1.29, 1.82) is 0 Å². The highest BCUT2D eigenvalue weighted by atomic mass is 14.8. The second-order valence-corrected chi connectivity index (χ2v) is 13.2. The summed E-state index contributed by atoms with van der Waals surface area (Å²) in [6, 6.07) is 25.5. The molecule has 0 unspecified atom stereocenters. The molecule has 0 atom stereocenters. The van der Waals surface area contributed by atoms with Gasteiger partial charge in [0.2, 0.25) is 0 Å². The highest BCUT2D eigenvalue weighted by Crippen LogP contribution is 2.21. The summed E-state index contributed by atoms with van der Waals surface area (Å²) in [6.07, 6.45) is 31.3. The molecule has 48 heavy (non-hydrogen) atoms. The van der Waals surface area contributed by atoms with Gasteiger partial charge in [-0.2, -0.15) is 0 Å². The van der Waals surface area contributed by atoms with Crippen molar-refractivity contribution in [3.05, 3.63) is 108 Å².